The molecule has 0 saturated heterocycles. The van der Waals surface area contributed by atoms with Gasteiger partial charge in [0.2, 0.25) is 0 Å². The first-order valence-corrected chi connectivity index (χ1v) is 24.7. The van der Waals surface area contributed by atoms with Gasteiger partial charge < -0.3 is 13.6 Å². The lowest BCUT2D eigenvalue weighted by atomic mass is 9.82. The molecule has 14 aromatic rings. The van der Waals surface area contributed by atoms with Gasteiger partial charge in [0.25, 0.3) is 0 Å². The Kier molecular flexibility index (Phi) is 8.64. The minimum absolute atomic E-state index is 0.110. The maximum absolute atomic E-state index is 6.58. The maximum atomic E-state index is 6.58. The molecule has 1 aliphatic rings. The zero-order chi connectivity index (χ0) is 47.7. The van der Waals surface area contributed by atoms with E-state index in [1.165, 1.54) is 55.0 Å². The molecule has 0 unspecified atom stereocenters. The van der Waals surface area contributed by atoms with Crippen LogP contribution in [0.4, 0.5) is 0 Å². The molecule has 0 saturated carbocycles. The highest BCUT2D eigenvalue weighted by Crippen LogP contribution is 2.51. The summed E-state index contributed by atoms with van der Waals surface area (Å²) in [5, 5.41) is 7.03. The Morgan fingerprint density at radius 2 is 0.903 bits per heavy atom. The molecule has 15 rings (SSSR count). The van der Waals surface area contributed by atoms with Gasteiger partial charge in [-0.2, -0.15) is 0 Å². The highest BCUT2D eigenvalue weighted by molar-refractivity contribution is 6.18. The van der Waals surface area contributed by atoms with Crippen LogP contribution < -0.4 is 0 Å². The van der Waals surface area contributed by atoms with Crippen molar-refractivity contribution < 1.29 is 4.42 Å². The van der Waals surface area contributed by atoms with Crippen LogP contribution in [-0.4, -0.2) is 19.1 Å². The van der Waals surface area contributed by atoms with Crippen molar-refractivity contribution >= 4 is 65.6 Å². The second kappa shape index (κ2) is 15.3. The smallest absolute Gasteiger partial charge is 0.160 e. The average molecular weight is 921 g/mol. The van der Waals surface area contributed by atoms with Crippen LogP contribution in [-0.2, 0) is 5.41 Å². The third-order valence-corrected chi connectivity index (χ3v) is 15.3. The Morgan fingerprint density at radius 1 is 0.333 bits per heavy atom. The van der Waals surface area contributed by atoms with Crippen LogP contribution in [0.1, 0.15) is 25.0 Å². The predicted octanol–water partition coefficient (Wildman–Crippen LogP) is 17.5. The fraction of sp³-hybridized carbons (Fsp3) is 0.0448. The number of aromatic nitrogens is 4. The number of furan rings is 1. The summed E-state index contributed by atoms with van der Waals surface area (Å²) in [6, 6.07) is 83.0. The van der Waals surface area contributed by atoms with Crippen LogP contribution in [0, 0.1) is 0 Å². The molecule has 5 nitrogen and oxygen atoms in total. The van der Waals surface area contributed by atoms with E-state index in [1.54, 1.807) is 0 Å². The normalized spacial score (nSPS) is 13.0. The fourth-order valence-corrected chi connectivity index (χ4v) is 11.8. The molecule has 72 heavy (non-hydrogen) atoms. The highest BCUT2D eigenvalue weighted by atomic mass is 16.3. The van der Waals surface area contributed by atoms with Gasteiger partial charge in [0, 0.05) is 71.9 Å². The zero-order valence-corrected chi connectivity index (χ0v) is 39.6. The minimum Gasteiger partial charge on any atom is -0.456 e. The van der Waals surface area contributed by atoms with Crippen LogP contribution in [0.25, 0.3) is 133 Å². The SMILES string of the molecule is CC1(C)c2ccccc2-c2cc3c4cc(-c5ccc6c(c5)c5cc7c(cc5n6-c5cccc(-c6cc(-c8ccccc8)nc(-c8ccccc8)n6)c5)oc5ccccc57)ccc4n(-c4ccccc4)c3cc21. The Bertz CT molecular complexity index is 4460. The molecule has 4 aromatic heterocycles. The van der Waals surface area contributed by atoms with Crippen molar-refractivity contribution in [3.8, 4) is 67.5 Å². The lowest BCUT2D eigenvalue weighted by Gasteiger charge is -2.21. The van der Waals surface area contributed by atoms with E-state index in [0.717, 1.165) is 83.4 Å². The number of nitrogens with zero attached hydrogens (tertiary/aromatic N) is 4. The van der Waals surface area contributed by atoms with Crippen molar-refractivity contribution in [3.05, 3.63) is 242 Å². The molecule has 0 atom stereocenters. The van der Waals surface area contributed by atoms with E-state index in [2.05, 4.69) is 223 Å². The summed E-state index contributed by atoms with van der Waals surface area (Å²) in [6.07, 6.45) is 0. The number of hydrogen-bond acceptors (Lipinski definition) is 3. The van der Waals surface area contributed by atoms with Crippen LogP contribution in [0.15, 0.2) is 235 Å². The van der Waals surface area contributed by atoms with Crippen LogP contribution in [0.2, 0.25) is 0 Å². The minimum atomic E-state index is -0.110. The number of benzene rings is 10. The Labute approximate surface area is 415 Å². The quantitative estimate of drug-likeness (QED) is 0.167. The molecule has 1 aliphatic carbocycles. The fourth-order valence-electron chi connectivity index (χ4n) is 11.8. The van der Waals surface area contributed by atoms with E-state index in [4.69, 9.17) is 14.4 Å². The number of rotatable bonds is 6. The molecule has 0 radical (unpaired) electrons. The van der Waals surface area contributed by atoms with Gasteiger partial charge in [0.15, 0.2) is 5.82 Å². The first-order valence-electron chi connectivity index (χ1n) is 24.7. The van der Waals surface area contributed by atoms with Crippen molar-refractivity contribution in [2.45, 2.75) is 19.3 Å². The van der Waals surface area contributed by atoms with Gasteiger partial charge in [-0.1, -0.05) is 159 Å². The van der Waals surface area contributed by atoms with Gasteiger partial charge in [-0.15, -0.1) is 0 Å². The van der Waals surface area contributed by atoms with Gasteiger partial charge in [-0.3, -0.25) is 0 Å². The number of hydrogen-bond donors (Lipinski definition) is 0. The average Bonchev–Trinajstić information content (AvgIpc) is 4.14. The molecule has 4 heterocycles. The standard InChI is InChI=1S/C67H44N4O/c1-67(2)56-27-14-12-25-48(56)50-36-53-51-34-43(29-31-60(51)70(62(53)38-57(50)67)46-22-10-5-11-23-46)44-30-32-61-52(35-44)54-37-55-49-26-13-15-28-64(49)72-65(55)40-63(54)71(61)47-24-16-21-45(33-47)59-39-58(41-17-6-3-7-18-41)68-66(69-59)42-19-8-4-9-20-42/h3-40H,1-2H3. The Morgan fingerprint density at radius 3 is 1.65 bits per heavy atom. The molecular weight excluding hydrogens is 877 g/mol. The second-order valence-electron chi connectivity index (χ2n) is 19.8. The van der Waals surface area contributed by atoms with Crippen LogP contribution >= 0.6 is 0 Å². The first kappa shape index (κ1) is 40.6. The third-order valence-electron chi connectivity index (χ3n) is 15.3. The highest BCUT2D eigenvalue weighted by Gasteiger charge is 2.36. The summed E-state index contributed by atoms with van der Waals surface area (Å²) in [5.41, 5.74) is 20.9. The predicted molar refractivity (Wildman–Crippen MR) is 297 cm³/mol. The van der Waals surface area contributed by atoms with Crippen molar-refractivity contribution in [2.75, 3.05) is 0 Å². The molecule has 10 aromatic carbocycles. The van der Waals surface area contributed by atoms with Crippen LogP contribution in [0.3, 0.4) is 0 Å². The first-order chi connectivity index (χ1) is 35.4. The molecule has 0 N–H and O–H groups in total. The lowest BCUT2D eigenvalue weighted by molar-refractivity contribution is 0.661. The summed E-state index contributed by atoms with van der Waals surface area (Å²) >= 11 is 0. The summed E-state index contributed by atoms with van der Waals surface area (Å²) < 4.78 is 11.4. The van der Waals surface area contributed by atoms with E-state index in [1.807, 2.05) is 30.3 Å². The molecular formula is C67H44N4O. The van der Waals surface area contributed by atoms with Gasteiger partial charge in [0.05, 0.1) is 33.5 Å². The Balaban J connectivity index is 0.935. The summed E-state index contributed by atoms with van der Waals surface area (Å²) in [7, 11) is 0. The van der Waals surface area contributed by atoms with Crippen LogP contribution in [0.5, 0.6) is 0 Å². The molecule has 0 aliphatic heterocycles. The number of para-hydroxylation sites is 2. The van der Waals surface area contributed by atoms with Gasteiger partial charge in [0.1, 0.15) is 11.2 Å². The van der Waals surface area contributed by atoms with Gasteiger partial charge in [-0.05, 0) is 112 Å². The van der Waals surface area contributed by atoms with Crippen molar-refractivity contribution in [1.29, 1.82) is 0 Å². The maximum Gasteiger partial charge on any atom is 0.160 e. The van der Waals surface area contributed by atoms with Gasteiger partial charge in [-0.25, -0.2) is 9.97 Å². The van der Waals surface area contributed by atoms with Gasteiger partial charge >= 0.3 is 0 Å². The summed E-state index contributed by atoms with van der Waals surface area (Å²) in [5.74, 6) is 0.690. The van der Waals surface area contributed by atoms with Crippen molar-refractivity contribution in [3.63, 3.8) is 0 Å². The molecule has 0 fully saturated rings. The van der Waals surface area contributed by atoms with E-state index in [-0.39, 0.29) is 5.41 Å². The lowest BCUT2D eigenvalue weighted by Crippen LogP contribution is -2.14. The Hall–Kier alpha value is -9.32. The third kappa shape index (κ3) is 6.07. The molecule has 0 spiro atoms. The number of fused-ring (bicyclic) bond motifs is 12. The van der Waals surface area contributed by atoms with E-state index in [0.29, 0.717) is 5.82 Å². The van der Waals surface area contributed by atoms with Crippen molar-refractivity contribution in [1.82, 2.24) is 19.1 Å². The second-order valence-corrected chi connectivity index (χ2v) is 19.8. The van der Waals surface area contributed by atoms with Crippen molar-refractivity contribution in [2.24, 2.45) is 0 Å². The van der Waals surface area contributed by atoms with E-state index < -0.39 is 0 Å². The largest absolute Gasteiger partial charge is 0.456 e. The molecule has 0 bridgehead atoms. The van der Waals surface area contributed by atoms with E-state index >= 15 is 0 Å². The van der Waals surface area contributed by atoms with E-state index in [9.17, 15) is 0 Å². The summed E-state index contributed by atoms with van der Waals surface area (Å²) in [4.78, 5) is 10.3. The monoisotopic (exact) mass is 920 g/mol. The molecule has 5 heteroatoms. The topological polar surface area (TPSA) is 48.8 Å². The zero-order valence-electron chi connectivity index (χ0n) is 39.6. The summed E-state index contributed by atoms with van der Waals surface area (Å²) in [6.45, 7) is 4.73. The molecule has 0 amide bonds. The molecule has 338 valence electrons.